The lowest BCUT2D eigenvalue weighted by Gasteiger charge is -2.20. The lowest BCUT2D eigenvalue weighted by atomic mass is 9.86. The maximum Gasteiger partial charge on any atom is 0.257 e. The van der Waals surface area contributed by atoms with Crippen LogP contribution in [0, 0.1) is 0 Å². The summed E-state index contributed by atoms with van der Waals surface area (Å²) in [5.41, 5.74) is 6.98. The third-order valence-electron chi connectivity index (χ3n) is 2.43. The highest BCUT2D eigenvalue weighted by Gasteiger charge is 2.18. The van der Waals surface area contributed by atoms with Gasteiger partial charge in [0.15, 0.2) is 0 Å². The van der Waals surface area contributed by atoms with Crippen molar-refractivity contribution in [1.82, 2.24) is 0 Å². The van der Waals surface area contributed by atoms with E-state index in [9.17, 15) is 8.78 Å². The van der Waals surface area contributed by atoms with Gasteiger partial charge in [-0.25, -0.2) is 8.78 Å². The van der Waals surface area contributed by atoms with Crippen molar-refractivity contribution in [1.29, 1.82) is 0 Å². The van der Waals surface area contributed by atoms with Gasteiger partial charge in [-0.15, -0.1) is 0 Å². The quantitative estimate of drug-likeness (QED) is 0.801. The Kier molecular flexibility index (Phi) is 3.45. The van der Waals surface area contributed by atoms with Gasteiger partial charge in [-0.2, -0.15) is 0 Å². The maximum atomic E-state index is 12.3. The van der Waals surface area contributed by atoms with Gasteiger partial charge in [0, 0.05) is 0 Å². The third kappa shape index (κ3) is 2.99. The molecule has 0 saturated carbocycles. The van der Waals surface area contributed by atoms with E-state index in [-0.39, 0.29) is 5.41 Å². The smallest absolute Gasteiger partial charge is 0.257 e. The minimum atomic E-state index is -2.51. The number of hydrogen-bond donors (Lipinski definition) is 1. The summed E-state index contributed by atoms with van der Waals surface area (Å²) in [6.45, 7) is 6.24. The van der Waals surface area contributed by atoms with Crippen LogP contribution in [0.25, 0.3) is 0 Å². The normalized spacial score (nSPS) is 14.3. The summed E-state index contributed by atoms with van der Waals surface area (Å²) in [6, 6.07) is 5.89. The Hall–Kier alpha value is -0.960. The Morgan fingerprint density at radius 3 is 1.87 bits per heavy atom. The molecule has 0 aliphatic heterocycles. The SMILES string of the molecule is CC(C)(C)c1ccc([C@@H](N)C(F)F)cc1. The fourth-order valence-corrected chi connectivity index (χ4v) is 1.35. The molecule has 84 valence electrons. The molecule has 0 spiro atoms. The highest BCUT2D eigenvalue weighted by Crippen LogP contribution is 2.24. The molecule has 1 aromatic rings. The van der Waals surface area contributed by atoms with E-state index in [1.807, 2.05) is 12.1 Å². The summed E-state index contributed by atoms with van der Waals surface area (Å²) in [6.07, 6.45) is -2.51. The minimum absolute atomic E-state index is 0.0352. The van der Waals surface area contributed by atoms with E-state index in [0.29, 0.717) is 5.56 Å². The van der Waals surface area contributed by atoms with E-state index >= 15 is 0 Å². The maximum absolute atomic E-state index is 12.3. The summed E-state index contributed by atoms with van der Waals surface area (Å²) in [5.74, 6) is 0. The average Bonchev–Trinajstić information content (AvgIpc) is 2.15. The molecule has 1 rings (SSSR count). The van der Waals surface area contributed by atoms with Crippen molar-refractivity contribution in [2.24, 2.45) is 5.73 Å². The molecule has 2 N–H and O–H groups in total. The van der Waals surface area contributed by atoms with Crippen molar-refractivity contribution < 1.29 is 8.78 Å². The molecular weight excluding hydrogens is 196 g/mol. The molecule has 0 aliphatic carbocycles. The summed E-state index contributed by atoms with van der Waals surface area (Å²) in [7, 11) is 0. The van der Waals surface area contributed by atoms with Crippen LogP contribution in [0.5, 0.6) is 0 Å². The predicted octanol–water partition coefficient (Wildman–Crippen LogP) is 3.25. The Labute approximate surface area is 89.3 Å². The van der Waals surface area contributed by atoms with Crippen LogP contribution in [0.1, 0.15) is 37.9 Å². The van der Waals surface area contributed by atoms with E-state index in [2.05, 4.69) is 20.8 Å². The Morgan fingerprint density at radius 2 is 1.53 bits per heavy atom. The number of benzene rings is 1. The molecule has 0 amide bonds. The van der Waals surface area contributed by atoms with Gasteiger partial charge in [-0.1, -0.05) is 45.0 Å². The second-order valence-corrected chi connectivity index (χ2v) is 4.73. The van der Waals surface area contributed by atoms with Crippen molar-refractivity contribution in [2.45, 2.75) is 38.7 Å². The van der Waals surface area contributed by atoms with Gasteiger partial charge in [0.1, 0.15) is 0 Å². The molecule has 0 radical (unpaired) electrons. The fourth-order valence-electron chi connectivity index (χ4n) is 1.35. The molecular formula is C12H17F2N. The Balaban J connectivity index is 2.91. The van der Waals surface area contributed by atoms with Gasteiger partial charge >= 0.3 is 0 Å². The summed E-state index contributed by atoms with van der Waals surface area (Å²) in [4.78, 5) is 0. The number of rotatable bonds is 2. The van der Waals surface area contributed by atoms with Gasteiger partial charge in [-0.3, -0.25) is 0 Å². The first kappa shape index (κ1) is 12.1. The zero-order chi connectivity index (χ0) is 11.6. The molecule has 0 fully saturated rings. The lowest BCUT2D eigenvalue weighted by molar-refractivity contribution is 0.116. The van der Waals surface area contributed by atoms with Crippen molar-refractivity contribution in [2.75, 3.05) is 0 Å². The predicted molar refractivity (Wildman–Crippen MR) is 58.1 cm³/mol. The lowest BCUT2D eigenvalue weighted by Crippen LogP contribution is -2.19. The third-order valence-corrected chi connectivity index (χ3v) is 2.43. The first-order valence-electron chi connectivity index (χ1n) is 4.96. The molecule has 0 saturated heterocycles. The van der Waals surface area contributed by atoms with Crippen LogP contribution >= 0.6 is 0 Å². The van der Waals surface area contributed by atoms with Gasteiger partial charge in [0.05, 0.1) is 6.04 Å². The minimum Gasteiger partial charge on any atom is -0.319 e. The summed E-state index contributed by atoms with van der Waals surface area (Å²) >= 11 is 0. The molecule has 0 aliphatic rings. The van der Waals surface area contributed by atoms with E-state index in [0.717, 1.165) is 5.56 Å². The number of hydrogen-bond acceptors (Lipinski definition) is 1. The van der Waals surface area contributed by atoms with E-state index < -0.39 is 12.5 Å². The fraction of sp³-hybridized carbons (Fsp3) is 0.500. The van der Waals surface area contributed by atoms with Crippen LogP contribution in [0.2, 0.25) is 0 Å². The summed E-state index contributed by atoms with van der Waals surface area (Å²) in [5, 5.41) is 0. The van der Waals surface area contributed by atoms with Crippen molar-refractivity contribution in [3.05, 3.63) is 35.4 Å². The van der Waals surface area contributed by atoms with Crippen LogP contribution in [-0.2, 0) is 5.41 Å². The van der Waals surface area contributed by atoms with Crippen molar-refractivity contribution in [3.63, 3.8) is 0 Å². The standard InChI is InChI=1S/C12H17F2N/c1-12(2,3)9-6-4-8(5-7-9)10(15)11(13)14/h4-7,10-11H,15H2,1-3H3/t10-/m1/s1. The zero-order valence-corrected chi connectivity index (χ0v) is 9.30. The molecule has 15 heavy (non-hydrogen) atoms. The summed E-state index contributed by atoms with van der Waals surface area (Å²) < 4.78 is 24.6. The van der Waals surface area contributed by atoms with Gasteiger partial charge in [0.2, 0.25) is 0 Å². The van der Waals surface area contributed by atoms with Crippen LogP contribution in [0.4, 0.5) is 8.78 Å². The highest BCUT2D eigenvalue weighted by atomic mass is 19.3. The van der Waals surface area contributed by atoms with Gasteiger partial charge in [-0.05, 0) is 16.5 Å². The van der Waals surface area contributed by atoms with E-state index in [4.69, 9.17) is 5.73 Å². The number of nitrogens with two attached hydrogens (primary N) is 1. The van der Waals surface area contributed by atoms with E-state index in [1.165, 1.54) is 0 Å². The van der Waals surface area contributed by atoms with Crippen molar-refractivity contribution >= 4 is 0 Å². The molecule has 0 aromatic heterocycles. The van der Waals surface area contributed by atoms with Crippen LogP contribution in [0.15, 0.2) is 24.3 Å². The number of alkyl halides is 2. The Bertz CT molecular complexity index is 311. The van der Waals surface area contributed by atoms with Crippen LogP contribution in [0.3, 0.4) is 0 Å². The molecule has 0 unspecified atom stereocenters. The van der Waals surface area contributed by atoms with Crippen LogP contribution in [-0.4, -0.2) is 6.43 Å². The second-order valence-electron chi connectivity index (χ2n) is 4.73. The molecule has 1 atom stereocenters. The van der Waals surface area contributed by atoms with E-state index in [1.54, 1.807) is 12.1 Å². The van der Waals surface area contributed by atoms with Gasteiger partial charge in [0.25, 0.3) is 6.43 Å². The first-order valence-corrected chi connectivity index (χ1v) is 4.96. The largest absolute Gasteiger partial charge is 0.319 e. The first-order chi connectivity index (χ1) is 6.82. The molecule has 0 heterocycles. The zero-order valence-electron chi connectivity index (χ0n) is 9.30. The van der Waals surface area contributed by atoms with Crippen molar-refractivity contribution in [3.8, 4) is 0 Å². The number of halogens is 2. The molecule has 3 heteroatoms. The molecule has 0 bridgehead atoms. The van der Waals surface area contributed by atoms with Gasteiger partial charge < -0.3 is 5.73 Å². The van der Waals surface area contributed by atoms with Crippen LogP contribution < -0.4 is 5.73 Å². The monoisotopic (exact) mass is 213 g/mol. The molecule has 1 nitrogen and oxygen atoms in total. The second kappa shape index (κ2) is 4.27. The Morgan fingerprint density at radius 1 is 1.07 bits per heavy atom. The highest BCUT2D eigenvalue weighted by molar-refractivity contribution is 5.29. The molecule has 1 aromatic carbocycles. The topological polar surface area (TPSA) is 26.0 Å². The average molecular weight is 213 g/mol.